The highest BCUT2D eigenvalue weighted by atomic mass is 16.1. The minimum absolute atomic E-state index is 0.178. The Labute approximate surface area is 210 Å². The van der Waals surface area contributed by atoms with Crippen LogP contribution in [0.2, 0.25) is 0 Å². The number of aryl methyl sites for hydroxylation is 3. The smallest absolute Gasteiger partial charge is 0.255 e. The number of allylic oxidation sites excluding steroid dienone is 1. The molecule has 0 saturated heterocycles. The van der Waals surface area contributed by atoms with E-state index in [4.69, 9.17) is 0 Å². The first-order chi connectivity index (χ1) is 17.4. The van der Waals surface area contributed by atoms with E-state index in [9.17, 15) is 4.79 Å². The summed E-state index contributed by atoms with van der Waals surface area (Å²) in [5.41, 5.74) is 8.36. The number of anilines is 2. The van der Waals surface area contributed by atoms with E-state index < -0.39 is 0 Å². The summed E-state index contributed by atoms with van der Waals surface area (Å²) in [5.74, 6) is 0.495. The van der Waals surface area contributed by atoms with Gasteiger partial charge in [-0.3, -0.25) is 14.8 Å². The maximum absolute atomic E-state index is 13.2. The SMILES string of the molecule is Cc1cc(NC(=O)c2ccc(C)c(NC3=NCC/C(=C4\C=CC=NC4)N3)c2)cc(-n2cnc(C)c2)c1. The van der Waals surface area contributed by atoms with Gasteiger partial charge in [-0.15, -0.1) is 0 Å². The van der Waals surface area contributed by atoms with Crippen molar-refractivity contribution in [3.05, 3.63) is 94.7 Å². The number of guanidine groups is 1. The third kappa shape index (κ3) is 5.27. The Balaban J connectivity index is 1.32. The third-order valence-electron chi connectivity index (χ3n) is 6.12. The average molecular weight is 480 g/mol. The van der Waals surface area contributed by atoms with Crippen LogP contribution in [-0.2, 0) is 0 Å². The molecule has 0 saturated carbocycles. The predicted molar refractivity (Wildman–Crippen MR) is 145 cm³/mol. The van der Waals surface area contributed by atoms with Gasteiger partial charge in [0.1, 0.15) is 0 Å². The van der Waals surface area contributed by atoms with Gasteiger partial charge in [-0.25, -0.2) is 4.98 Å². The Bertz CT molecular complexity index is 1440. The fourth-order valence-electron chi connectivity index (χ4n) is 4.23. The zero-order valence-electron chi connectivity index (χ0n) is 20.7. The number of aliphatic imine (C=N–C) groups is 2. The van der Waals surface area contributed by atoms with Gasteiger partial charge in [0, 0.05) is 53.7 Å². The first-order valence-corrected chi connectivity index (χ1v) is 12.0. The van der Waals surface area contributed by atoms with E-state index in [0.29, 0.717) is 24.6 Å². The molecule has 3 N–H and O–H groups in total. The number of nitrogens with zero attached hydrogens (tertiary/aromatic N) is 4. The lowest BCUT2D eigenvalue weighted by Crippen LogP contribution is -2.35. The predicted octanol–water partition coefficient (Wildman–Crippen LogP) is 4.71. The van der Waals surface area contributed by atoms with Gasteiger partial charge >= 0.3 is 0 Å². The summed E-state index contributed by atoms with van der Waals surface area (Å²) in [4.78, 5) is 26.4. The molecule has 0 fully saturated rings. The van der Waals surface area contributed by atoms with Crippen LogP contribution in [0.3, 0.4) is 0 Å². The van der Waals surface area contributed by atoms with Gasteiger partial charge < -0.3 is 20.5 Å². The lowest BCUT2D eigenvalue weighted by molar-refractivity contribution is 0.102. The molecule has 0 aliphatic carbocycles. The van der Waals surface area contributed by atoms with Crippen LogP contribution < -0.4 is 16.0 Å². The summed E-state index contributed by atoms with van der Waals surface area (Å²) < 4.78 is 1.95. The minimum Gasteiger partial charge on any atom is -0.329 e. The highest BCUT2D eigenvalue weighted by molar-refractivity contribution is 6.06. The van der Waals surface area contributed by atoms with E-state index in [1.54, 1.807) is 6.33 Å². The lowest BCUT2D eigenvalue weighted by Gasteiger charge is -2.22. The van der Waals surface area contributed by atoms with Crippen molar-refractivity contribution in [1.82, 2.24) is 14.9 Å². The Kier molecular flexibility index (Phi) is 6.49. The minimum atomic E-state index is -0.178. The van der Waals surface area contributed by atoms with Crippen molar-refractivity contribution in [3.63, 3.8) is 0 Å². The molecule has 1 aromatic heterocycles. The van der Waals surface area contributed by atoms with Gasteiger partial charge in [-0.1, -0.05) is 12.1 Å². The molecule has 2 aliphatic rings. The van der Waals surface area contributed by atoms with Crippen molar-refractivity contribution in [2.75, 3.05) is 23.7 Å². The number of aromatic nitrogens is 2. The number of hydrogen-bond acceptors (Lipinski definition) is 6. The van der Waals surface area contributed by atoms with E-state index in [2.05, 4.69) is 43.1 Å². The number of carbonyl (C=O) groups excluding carboxylic acids is 1. The fraction of sp³-hybridized carbons (Fsp3) is 0.214. The van der Waals surface area contributed by atoms with Crippen LogP contribution in [0.4, 0.5) is 11.4 Å². The number of carbonyl (C=O) groups is 1. The quantitative estimate of drug-likeness (QED) is 0.505. The topological polar surface area (TPSA) is 95.7 Å². The van der Waals surface area contributed by atoms with Gasteiger partial charge in [-0.05, 0) is 73.9 Å². The van der Waals surface area contributed by atoms with Gasteiger partial charge in [0.05, 0.1) is 18.6 Å². The van der Waals surface area contributed by atoms with Crippen LogP contribution in [-0.4, -0.2) is 40.7 Å². The molecule has 3 heterocycles. The molecule has 0 spiro atoms. The van der Waals surface area contributed by atoms with Crippen molar-refractivity contribution in [2.45, 2.75) is 27.2 Å². The molecule has 182 valence electrons. The molecule has 2 aromatic carbocycles. The second-order valence-electron chi connectivity index (χ2n) is 9.05. The van der Waals surface area contributed by atoms with Crippen LogP contribution in [0.25, 0.3) is 5.69 Å². The number of rotatable bonds is 4. The second-order valence-corrected chi connectivity index (χ2v) is 9.05. The van der Waals surface area contributed by atoms with Gasteiger partial charge in [0.15, 0.2) is 5.96 Å². The van der Waals surface area contributed by atoms with E-state index in [1.807, 2.05) is 74.2 Å². The molecule has 8 nitrogen and oxygen atoms in total. The van der Waals surface area contributed by atoms with Crippen LogP contribution in [0.5, 0.6) is 0 Å². The Morgan fingerprint density at radius 3 is 2.78 bits per heavy atom. The number of dihydropyridines is 1. The number of hydrogen-bond donors (Lipinski definition) is 3. The van der Waals surface area contributed by atoms with E-state index >= 15 is 0 Å². The maximum atomic E-state index is 13.2. The number of amides is 1. The van der Waals surface area contributed by atoms with Crippen LogP contribution in [0, 0.1) is 20.8 Å². The summed E-state index contributed by atoms with van der Waals surface area (Å²) in [5, 5.41) is 9.82. The molecule has 5 rings (SSSR count). The Morgan fingerprint density at radius 1 is 1.11 bits per heavy atom. The fourth-order valence-corrected chi connectivity index (χ4v) is 4.23. The number of nitrogens with one attached hydrogen (secondary N) is 3. The summed E-state index contributed by atoms with van der Waals surface area (Å²) in [6.07, 6.45) is 10.4. The first-order valence-electron chi connectivity index (χ1n) is 12.0. The molecule has 2 aliphatic heterocycles. The zero-order valence-corrected chi connectivity index (χ0v) is 20.7. The van der Waals surface area contributed by atoms with Gasteiger partial charge in [-0.2, -0.15) is 0 Å². The van der Waals surface area contributed by atoms with Crippen molar-refractivity contribution >= 4 is 29.5 Å². The maximum Gasteiger partial charge on any atom is 0.255 e. The van der Waals surface area contributed by atoms with Crippen molar-refractivity contribution < 1.29 is 4.79 Å². The number of benzene rings is 2. The summed E-state index contributed by atoms with van der Waals surface area (Å²) >= 11 is 0. The van der Waals surface area contributed by atoms with Crippen LogP contribution >= 0.6 is 0 Å². The second kappa shape index (κ2) is 10.0. The van der Waals surface area contributed by atoms with Gasteiger partial charge in [0.2, 0.25) is 0 Å². The molecule has 3 aromatic rings. The highest BCUT2D eigenvalue weighted by Gasteiger charge is 2.15. The molecule has 0 unspecified atom stereocenters. The van der Waals surface area contributed by atoms with Crippen LogP contribution in [0.1, 0.15) is 33.6 Å². The molecule has 36 heavy (non-hydrogen) atoms. The number of imidazole rings is 1. The van der Waals surface area contributed by atoms with Gasteiger partial charge in [0.25, 0.3) is 5.91 Å². The summed E-state index contributed by atoms with van der Waals surface area (Å²) in [6.45, 7) is 7.32. The summed E-state index contributed by atoms with van der Waals surface area (Å²) in [7, 11) is 0. The van der Waals surface area contributed by atoms with Crippen molar-refractivity contribution in [3.8, 4) is 5.69 Å². The Morgan fingerprint density at radius 2 is 2.00 bits per heavy atom. The molecular weight excluding hydrogens is 450 g/mol. The molecular formula is C28H29N7O. The molecule has 0 bridgehead atoms. The zero-order chi connectivity index (χ0) is 25.1. The largest absolute Gasteiger partial charge is 0.329 e. The third-order valence-corrected chi connectivity index (χ3v) is 6.12. The first kappa shape index (κ1) is 23.3. The van der Waals surface area contributed by atoms with E-state index in [-0.39, 0.29) is 5.91 Å². The molecule has 0 radical (unpaired) electrons. The molecule has 8 heteroatoms. The summed E-state index contributed by atoms with van der Waals surface area (Å²) in [6, 6.07) is 11.6. The normalized spacial score (nSPS) is 16.9. The van der Waals surface area contributed by atoms with Crippen LogP contribution in [0.15, 0.2) is 82.3 Å². The molecule has 1 amide bonds. The highest BCUT2D eigenvalue weighted by Crippen LogP contribution is 2.22. The van der Waals surface area contributed by atoms with E-state index in [1.165, 1.54) is 5.57 Å². The monoisotopic (exact) mass is 479 g/mol. The van der Waals surface area contributed by atoms with Crippen molar-refractivity contribution in [1.29, 1.82) is 0 Å². The standard InChI is InChI=1S/C28H29N7O/c1-18-11-23(14-24(12-18)35-16-20(3)31-17-35)32-27(36)21-7-6-19(2)26(13-21)34-28-30-10-8-25(33-28)22-5-4-9-29-15-22/h4-7,9,11-14,16-17H,8,10,15H2,1-3H3,(H,32,36)(H2,30,33,34)/b25-22-. The molecule has 0 atom stereocenters. The Hall–Kier alpha value is -4.46. The van der Waals surface area contributed by atoms with E-state index in [0.717, 1.165) is 46.0 Å². The van der Waals surface area contributed by atoms with Crippen molar-refractivity contribution in [2.24, 2.45) is 9.98 Å². The average Bonchev–Trinajstić information content (AvgIpc) is 3.32. The lowest BCUT2D eigenvalue weighted by atomic mass is 10.1.